The van der Waals surface area contributed by atoms with Crippen LogP contribution in [-0.2, 0) is 0 Å². The quantitative estimate of drug-likeness (QED) is 0.628. The van der Waals surface area contributed by atoms with Gasteiger partial charge in [0, 0.05) is 0 Å². The Bertz CT molecular complexity index is 671. The van der Waals surface area contributed by atoms with Crippen LogP contribution in [0.4, 0.5) is 0 Å². The van der Waals surface area contributed by atoms with Crippen LogP contribution in [-0.4, -0.2) is 51.7 Å². The number of halogens is 1. The average molecular weight is 430 g/mol. The predicted octanol–water partition coefficient (Wildman–Crippen LogP) is 2.23. The number of rotatable bonds is 1. The molecule has 0 spiro atoms. The maximum atomic E-state index is 3.64. The van der Waals surface area contributed by atoms with E-state index in [0.29, 0.717) is 0 Å². The Morgan fingerprint density at radius 3 is 2.39 bits per heavy atom. The molecule has 1 aliphatic heterocycles. The third-order valence-electron chi connectivity index (χ3n) is 3.25. The van der Waals surface area contributed by atoms with E-state index < -0.39 is 0 Å². The Morgan fingerprint density at radius 1 is 1.06 bits per heavy atom. The molecule has 3 rings (SSSR count). The molecule has 0 aromatic heterocycles. The van der Waals surface area contributed by atoms with E-state index in [0.717, 1.165) is 11.0 Å². The van der Waals surface area contributed by atoms with Crippen molar-refractivity contribution in [3.05, 3.63) is 45.9 Å². The minimum absolute atomic E-state index is 0.955. The van der Waals surface area contributed by atoms with Crippen molar-refractivity contribution in [1.82, 2.24) is 4.90 Å². The van der Waals surface area contributed by atoms with Crippen LogP contribution in [0, 0.1) is 0 Å². The van der Waals surface area contributed by atoms with Crippen molar-refractivity contribution >= 4 is 66.9 Å². The van der Waals surface area contributed by atoms with Crippen molar-refractivity contribution < 1.29 is 0 Å². The van der Waals surface area contributed by atoms with Gasteiger partial charge >= 0.3 is 131 Å². The fraction of sp³-hybridized carbons (Fsp3) is 0.143. The second-order valence-electron chi connectivity index (χ2n) is 4.18. The summed E-state index contributed by atoms with van der Waals surface area (Å²) in [6.07, 6.45) is 0. The van der Waals surface area contributed by atoms with Gasteiger partial charge in [-0.2, -0.15) is 0 Å². The summed E-state index contributed by atoms with van der Waals surface area (Å²) in [6, 6.07) is 10.8. The van der Waals surface area contributed by atoms with E-state index in [9.17, 15) is 0 Å². The summed E-state index contributed by atoms with van der Waals surface area (Å²) >= 11 is 10.1. The molecule has 18 heavy (non-hydrogen) atoms. The molecule has 0 fully saturated rings. The van der Waals surface area contributed by atoms with Crippen molar-refractivity contribution in [2.24, 2.45) is 0 Å². The van der Waals surface area contributed by atoms with Crippen LogP contribution in [0.3, 0.4) is 0 Å². The Labute approximate surface area is 130 Å². The van der Waals surface area contributed by atoms with Crippen molar-refractivity contribution in [3.63, 3.8) is 0 Å². The third-order valence-corrected chi connectivity index (χ3v) is 5.79. The van der Waals surface area contributed by atoms with E-state index in [1.54, 1.807) is 0 Å². The monoisotopic (exact) mass is 431 g/mol. The van der Waals surface area contributed by atoms with Crippen molar-refractivity contribution in [2.45, 2.75) is 6.92 Å². The summed E-state index contributed by atoms with van der Waals surface area (Å²) in [5, 5.41) is 2.58. The summed E-state index contributed by atoms with van der Waals surface area (Å²) in [4.78, 5) is 2.28. The predicted molar refractivity (Wildman–Crippen MR) is 83.8 cm³/mol. The zero-order chi connectivity index (χ0) is 12.9. The fourth-order valence-corrected chi connectivity index (χ4v) is 4.79. The summed E-state index contributed by atoms with van der Waals surface area (Å²) < 4.78 is 3.54. The molecule has 2 aromatic rings. The normalized spacial score (nSPS) is 14.4. The first-order valence-electron chi connectivity index (χ1n) is 5.72. The second kappa shape index (κ2) is 4.70. The Morgan fingerprint density at radius 2 is 1.72 bits per heavy atom. The first-order valence-corrected chi connectivity index (χ1v) is 8.23. The van der Waals surface area contributed by atoms with Crippen molar-refractivity contribution in [3.8, 4) is 0 Å². The van der Waals surface area contributed by atoms with Gasteiger partial charge in [0.2, 0.25) is 0 Å². The Hall–Kier alpha value is -0.241. The molecule has 0 atom stereocenters. The zero-order valence-corrected chi connectivity index (χ0v) is 14.7. The number of benzene rings is 2. The van der Waals surface area contributed by atoms with Crippen molar-refractivity contribution in [1.29, 1.82) is 0 Å². The Balaban J connectivity index is 2.46. The Kier molecular flexibility index (Phi) is 3.34. The molecule has 2 aromatic carbocycles. The number of hydrogen-bond donors (Lipinski definition) is 0. The molecule has 0 bridgehead atoms. The molecule has 0 radical (unpaired) electrons. The number of nitrogens with zero attached hydrogens (tertiary/aromatic N) is 1. The first-order chi connectivity index (χ1) is 8.65. The second-order valence-corrected chi connectivity index (χ2v) is 6.65. The molecule has 0 amide bonds. The van der Waals surface area contributed by atoms with Gasteiger partial charge in [0.25, 0.3) is 0 Å². The molecule has 4 heteroatoms. The van der Waals surface area contributed by atoms with Crippen LogP contribution in [0.1, 0.15) is 18.1 Å². The van der Waals surface area contributed by atoms with Crippen LogP contribution >= 0.6 is 15.9 Å². The molecule has 1 nitrogen and oxygen atoms in total. The molecule has 0 unspecified atom stereocenters. The van der Waals surface area contributed by atoms with Gasteiger partial charge in [-0.1, -0.05) is 0 Å². The first kappa shape index (κ1) is 12.8. The SMILES string of the molecule is CCN1C(=[Se])c2cccc3c(Br)ccc(c23)C1=[Se]. The molecule has 0 N–H and O–H groups in total. The molecule has 0 aliphatic carbocycles. The van der Waals surface area contributed by atoms with Gasteiger partial charge in [-0.25, -0.2) is 0 Å². The van der Waals surface area contributed by atoms with Gasteiger partial charge in [0.05, 0.1) is 0 Å². The van der Waals surface area contributed by atoms with Gasteiger partial charge in [0.1, 0.15) is 0 Å². The van der Waals surface area contributed by atoms with Gasteiger partial charge in [-0.3, -0.25) is 0 Å². The molecule has 1 heterocycles. The maximum absolute atomic E-state index is 3.64. The van der Waals surface area contributed by atoms with E-state index in [2.05, 4.69) is 89.2 Å². The van der Waals surface area contributed by atoms with E-state index in [1.807, 2.05) is 0 Å². The minimum atomic E-state index is 0.955. The summed E-state index contributed by atoms with van der Waals surface area (Å²) in [7, 11) is 0. The van der Waals surface area contributed by atoms with E-state index in [4.69, 9.17) is 0 Å². The molecule has 0 saturated heterocycles. The molecular formula is C14H10BrNSe2. The van der Waals surface area contributed by atoms with Gasteiger partial charge < -0.3 is 0 Å². The van der Waals surface area contributed by atoms with Crippen LogP contribution in [0.2, 0.25) is 0 Å². The topological polar surface area (TPSA) is 3.24 Å². The zero-order valence-electron chi connectivity index (χ0n) is 9.74. The summed E-state index contributed by atoms with van der Waals surface area (Å²) in [6.45, 7) is 3.12. The third kappa shape index (κ3) is 1.71. The van der Waals surface area contributed by atoms with Crippen LogP contribution in [0.5, 0.6) is 0 Å². The molecule has 1 aliphatic rings. The van der Waals surface area contributed by atoms with Crippen LogP contribution in [0.25, 0.3) is 10.8 Å². The fourth-order valence-electron chi connectivity index (χ4n) is 2.40. The molecule has 0 saturated carbocycles. The number of hydrogen-bond acceptors (Lipinski definition) is 1. The van der Waals surface area contributed by atoms with E-state index in [1.165, 1.54) is 31.0 Å². The van der Waals surface area contributed by atoms with Gasteiger partial charge in [-0.05, 0) is 0 Å². The summed E-state index contributed by atoms with van der Waals surface area (Å²) in [5.74, 6) is 0. The average Bonchev–Trinajstić information content (AvgIpc) is 2.38. The van der Waals surface area contributed by atoms with Crippen molar-refractivity contribution in [2.75, 3.05) is 6.54 Å². The molecular weight excluding hydrogens is 420 g/mol. The summed E-state index contributed by atoms with van der Waals surface area (Å²) in [5.41, 5.74) is 2.56. The van der Waals surface area contributed by atoms with Gasteiger partial charge in [-0.15, -0.1) is 0 Å². The van der Waals surface area contributed by atoms with Gasteiger partial charge in [0.15, 0.2) is 0 Å². The van der Waals surface area contributed by atoms with Crippen LogP contribution < -0.4 is 0 Å². The van der Waals surface area contributed by atoms with E-state index in [-0.39, 0.29) is 0 Å². The standard InChI is InChI=1S/C14H10BrNSe2/c1-2-16-13(17)9-5-3-4-8-11(15)7-6-10(12(8)9)14(16)18/h3-7H,2H2,1H3. The van der Waals surface area contributed by atoms with E-state index >= 15 is 0 Å². The molecule has 90 valence electrons. The van der Waals surface area contributed by atoms with Crippen LogP contribution in [0.15, 0.2) is 34.8 Å².